The van der Waals surface area contributed by atoms with Crippen molar-refractivity contribution < 1.29 is 18.0 Å². The van der Waals surface area contributed by atoms with Crippen molar-refractivity contribution in [2.24, 2.45) is 0 Å². The molecule has 3 aromatic heterocycles. The molecule has 5 rings (SSSR count). The van der Waals surface area contributed by atoms with Crippen molar-refractivity contribution in [3.8, 4) is 11.1 Å². The van der Waals surface area contributed by atoms with Crippen molar-refractivity contribution in [3.05, 3.63) is 71.8 Å². The summed E-state index contributed by atoms with van der Waals surface area (Å²) in [6, 6.07) is 9.58. The Morgan fingerprint density at radius 1 is 1.06 bits per heavy atom. The minimum Gasteiger partial charge on any atom is -0.305 e. The van der Waals surface area contributed by atoms with Crippen LogP contribution in [0.25, 0.3) is 22.0 Å². The number of pyridine rings is 2. The highest BCUT2D eigenvalue weighted by Crippen LogP contribution is 2.34. The minimum absolute atomic E-state index is 0.0157. The number of alkyl halides is 3. The number of halogens is 3. The molecule has 1 saturated heterocycles. The number of amides is 1. The van der Waals surface area contributed by atoms with Crippen LogP contribution in [0.5, 0.6) is 0 Å². The number of nitrogens with zero attached hydrogens (tertiary/aromatic N) is 4. The fourth-order valence-electron chi connectivity index (χ4n) is 4.37. The molecule has 1 aliphatic rings. The molecule has 2 N–H and O–H groups in total. The number of H-pyrrole nitrogens is 1. The molecule has 1 fully saturated rings. The third-order valence-corrected chi connectivity index (χ3v) is 6.11. The van der Waals surface area contributed by atoms with Crippen LogP contribution in [-0.2, 0) is 12.7 Å². The zero-order valence-corrected chi connectivity index (χ0v) is 18.8. The first-order chi connectivity index (χ1) is 16.9. The Hall–Kier alpha value is -3.79. The van der Waals surface area contributed by atoms with E-state index in [9.17, 15) is 18.0 Å². The number of fused-ring (bicyclic) bond motifs is 1. The summed E-state index contributed by atoms with van der Waals surface area (Å²) in [6.07, 6.45) is 3.84. The predicted molar refractivity (Wildman–Crippen MR) is 126 cm³/mol. The van der Waals surface area contributed by atoms with Crippen molar-refractivity contribution in [3.63, 3.8) is 0 Å². The molecular weight excluding hydrogens is 457 g/mol. The van der Waals surface area contributed by atoms with Crippen LogP contribution in [0.1, 0.15) is 40.9 Å². The highest BCUT2D eigenvalue weighted by Gasteiger charge is 2.34. The Kier molecular flexibility index (Phi) is 6.21. The van der Waals surface area contributed by atoms with Gasteiger partial charge in [0.15, 0.2) is 5.69 Å². The first kappa shape index (κ1) is 23.0. The molecule has 0 unspecified atom stereocenters. The molecule has 0 saturated carbocycles. The first-order valence-corrected chi connectivity index (χ1v) is 11.4. The predicted octanol–water partition coefficient (Wildman–Crippen LogP) is 5.28. The average molecular weight is 480 g/mol. The van der Waals surface area contributed by atoms with Gasteiger partial charge in [0.25, 0.3) is 5.91 Å². The molecule has 0 aliphatic carbocycles. The summed E-state index contributed by atoms with van der Waals surface area (Å²) in [5, 5.41) is 9.56. The summed E-state index contributed by atoms with van der Waals surface area (Å²) < 4.78 is 39.9. The van der Waals surface area contributed by atoms with Crippen LogP contribution in [-0.4, -0.2) is 44.1 Å². The largest absolute Gasteiger partial charge is 0.419 e. The monoisotopic (exact) mass is 480 g/mol. The summed E-state index contributed by atoms with van der Waals surface area (Å²) in [6.45, 7) is 2.99. The fraction of sp³-hybridized carbons (Fsp3) is 0.280. The lowest BCUT2D eigenvalue weighted by Crippen LogP contribution is -2.29. The highest BCUT2D eigenvalue weighted by atomic mass is 19.4. The second-order valence-corrected chi connectivity index (χ2v) is 8.60. The van der Waals surface area contributed by atoms with Crippen LogP contribution in [0.3, 0.4) is 0 Å². The van der Waals surface area contributed by atoms with E-state index in [0.29, 0.717) is 10.9 Å². The number of hydrogen-bond acceptors (Lipinski definition) is 5. The number of aromatic amines is 1. The van der Waals surface area contributed by atoms with E-state index < -0.39 is 23.5 Å². The maximum atomic E-state index is 13.3. The maximum absolute atomic E-state index is 13.3. The van der Waals surface area contributed by atoms with E-state index in [4.69, 9.17) is 0 Å². The molecule has 180 valence electrons. The van der Waals surface area contributed by atoms with Gasteiger partial charge in [-0.1, -0.05) is 12.5 Å². The normalized spacial score (nSPS) is 14.8. The second kappa shape index (κ2) is 9.46. The van der Waals surface area contributed by atoms with Gasteiger partial charge in [-0.15, -0.1) is 0 Å². The zero-order valence-electron chi connectivity index (χ0n) is 18.8. The Balaban J connectivity index is 1.42. The van der Waals surface area contributed by atoms with Crippen molar-refractivity contribution in [2.75, 3.05) is 18.4 Å². The molecule has 0 atom stereocenters. The lowest BCUT2D eigenvalue weighted by Gasteiger charge is -2.26. The number of likely N-dealkylation sites (tertiary alicyclic amines) is 1. The zero-order chi connectivity index (χ0) is 24.4. The molecule has 4 heterocycles. The van der Waals surface area contributed by atoms with E-state index in [1.165, 1.54) is 31.5 Å². The van der Waals surface area contributed by atoms with Crippen molar-refractivity contribution in [1.82, 2.24) is 25.1 Å². The van der Waals surface area contributed by atoms with Gasteiger partial charge in [0.05, 0.1) is 11.1 Å². The molecule has 7 nitrogen and oxygen atoms in total. The number of piperidine rings is 1. The number of anilines is 1. The Morgan fingerprint density at radius 3 is 2.69 bits per heavy atom. The number of carbonyl (C=O) groups is 1. The van der Waals surface area contributed by atoms with E-state index in [-0.39, 0.29) is 5.69 Å². The molecule has 0 bridgehead atoms. The smallest absolute Gasteiger partial charge is 0.305 e. The van der Waals surface area contributed by atoms with Gasteiger partial charge < -0.3 is 5.32 Å². The number of rotatable bonds is 5. The van der Waals surface area contributed by atoms with E-state index in [0.717, 1.165) is 42.4 Å². The van der Waals surface area contributed by atoms with Crippen molar-refractivity contribution in [1.29, 1.82) is 0 Å². The van der Waals surface area contributed by atoms with Gasteiger partial charge in [-0.05, 0) is 67.4 Å². The molecule has 0 radical (unpaired) electrons. The van der Waals surface area contributed by atoms with Crippen LogP contribution in [0.2, 0.25) is 0 Å². The lowest BCUT2D eigenvalue weighted by atomic mass is 10.0. The summed E-state index contributed by atoms with van der Waals surface area (Å²) in [5.41, 5.74) is 2.37. The molecule has 1 aromatic carbocycles. The molecule has 0 spiro atoms. The summed E-state index contributed by atoms with van der Waals surface area (Å²) in [4.78, 5) is 23.4. The fourth-order valence-corrected chi connectivity index (χ4v) is 4.37. The summed E-state index contributed by atoms with van der Waals surface area (Å²) in [7, 11) is 0. The molecule has 4 aromatic rings. The lowest BCUT2D eigenvalue weighted by molar-refractivity contribution is -0.137. The number of aromatic nitrogens is 4. The van der Waals surface area contributed by atoms with Gasteiger partial charge in [-0.3, -0.25) is 19.8 Å². The van der Waals surface area contributed by atoms with Crippen LogP contribution in [0.4, 0.5) is 19.0 Å². The van der Waals surface area contributed by atoms with Gasteiger partial charge in [-0.2, -0.15) is 18.3 Å². The van der Waals surface area contributed by atoms with Crippen LogP contribution >= 0.6 is 0 Å². The van der Waals surface area contributed by atoms with Gasteiger partial charge in [-0.25, -0.2) is 4.98 Å². The average Bonchev–Trinajstić information content (AvgIpc) is 3.28. The molecule has 1 aliphatic heterocycles. The van der Waals surface area contributed by atoms with Crippen molar-refractivity contribution >= 4 is 22.6 Å². The summed E-state index contributed by atoms with van der Waals surface area (Å²) >= 11 is 0. The first-order valence-electron chi connectivity index (χ1n) is 11.4. The van der Waals surface area contributed by atoms with Crippen LogP contribution in [0, 0.1) is 0 Å². The summed E-state index contributed by atoms with van der Waals surface area (Å²) in [5.74, 6) is -1.35. The number of carbonyl (C=O) groups excluding carboxylic acids is 1. The molecule has 35 heavy (non-hydrogen) atoms. The van der Waals surface area contributed by atoms with Crippen molar-refractivity contribution in [2.45, 2.75) is 32.0 Å². The third kappa shape index (κ3) is 5.02. The van der Waals surface area contributed by atoms with Gasteiger partial charge in [0, 0.05) is 36.1 Å². The van der Waals surface area contributed by atoms with E-state index >= 15 is 0 Å². The molecule has 10 heteroatoms. The highest BCUT2D eigenvalue weighted by molar-refractivity contribution is 6.11. The Bertz CT molecular complexity index is 1360. The quantitative estimate of drug-likeness (QED) is 0.406. The Labute approximate surface area is 199 Å². The van der Waals surface area contributed by atoms with E-state index in [2.05, 4.69) is 36.4 Å². The number of hydrogen-bond donors (Lipinski definition) is 2. The van der Waals surface area contributed by atoms with E-state index in [1.54, 1.807) is 18.3 Å². The topological polar surface area (TPSA) is 86.8 Å². The standard InChI is InChI=1S/C25H23F3N6O/c26-25(27,28)20-5-4-8-30-23(20)31-24(35)22-19-12-17(6-7-21(19)32-33-22)18-11-16(13-29-14-18)15-34-9-2-1-3-10-34/h4-8,11-14H,1-3,9-10,15H2,(H,32,33)(H,30,31,35). The van der Waals surface area contributed by atoms with Crippen LogP contribution in [0.15, 0.2) is 55.0 Å². The SMILES string of the molecule is O=C(Nc1ncccc1C(F)(F)F)c1n[nH]c2ccc(-c3cncc(CN4CCCCC4)c3)cc12. The maximum Gasteiger partial charge on any atom is 0.419 e. The van der Waals surface area contributed by atoms with Gasteiger partial charge in [0.2, 0.25) is 0 Å². The third-order valence-electron chi connectivity index (χ3n) is 6.11. The minimum atomic E-state index is -4.65. The number of benzene rings is 1. The van der Waals surface area contributed by atoms with Crippen LogP contribution < -0.4 is 5.32 Å². The van der Waals surface area contributed by atoms with E-state index in [1.807, 2.05) is 12.3 Å². The molecule has 1 amide bonds. The molecular formula is C25H23F3N6O. The second-order valence-electron chi connectivity index (χ2n) is 8.60. The number of nitrogens with one attached hydrogen (secondary N) is 2. The van der Waals surface area contributed by atoms with Gasteiger partial charge >= 0.3 is 6.18 Å². The van der Waals surface area contributed by atoms with Gasteiger partial charge in [0.1, 0.15) is 5.82 Å². The Morgan fingerprint density at radius 2 is 1.89 bits per heavy atom.